The van der Waals surface area contributed by atoms with Gasteiger partial charge in [0.15, 0.2) is 0 Å². The Balaban J connectivity index is 1.23. The zero-order valence-corrected chi connectivity index (χ0v) is 23.9. The van der Waals surface area contributed by atoms with Gasteiger partial charge in [-0.05, 0) is 64.4 Å². The molecule has 0 saturated heterocycles. The molecule has 206 valence electrons. The fourth-order valence-corrected chi connectivity index (χ4v) is 6.74. The van der Waals surface area contributed by atoms with Gasteiger partial charge in [-0.15, -0.1) is 0 Å². The van der Waals surface area contributed by atoms with Crippen LogP contribution in [0, 0.1) is 22.7 Å². The minimum absolute atomic E-state index is 0.301. The van der Waals surface area contributed by atoms with Gasteiger partial charge in [-0.1, -0.05) is 84.9 Å². The van der Waals surface area contributed by atoms with E-state index in [0.717, 1.165) is 49.4 Å². The van der Waals surface area contributed by atoms with Crippen LogP contribution in [0.4, 0.5) is 0 Å². The Morgan fingerprint density at radius 2 is 0.933 bits per heavy atom. The molecule has 0 N–H and O–H groups in total. The van der Waals surface area contributed by atoms with E-state index in [4.69, 9.17) is 9.97 Å². The molecular formula is C40H21N5. The Morgan fingerprint density at radius 3 is 1.51 bits per heavy atom. The van der Waals surface area contributed by atoms with E-state index in [-0.39, 0.29) is 0 Å². The summed E-state index contributed by atoms with van der Waals surface area (Å²) in [5, 5.41) is 25.8. The number of fused-ring (bicyclic) bond motifs is 10. The van der Waals surface area contributed by atoms with E-state index in [2.05, 4.69) is 120 Å². The Hall–Kier alpha value is -6.56. The van der Waals surface area contributed by atoms with Crippen LogP contribution in [0.25, 0.3) is 82.2 Å². The molecule has 2 aromatic heterocycles. The molecule has 0 fully saturated rings. The summed E-state index contributed by atoms with van der Waals surface area (Å²) in [4.78, 5) is 9.98. The highest BCUT2D eigenvalue weighted by Gasteiger charge is 2.16. The van der Waals surface area contributed by atoms with Crippen molar-refractivity contribution in [1.29, 1.82) is 10.5 Å². The van der Waals surface area contributed by atoms with Crippen molar-refractivity contribution in [3.05, 3.63) is 139 Å². The van der Waals surface area contributed by atoms with Gasteiger partial charge in [-0.3, -0.25) is 0 Å². The second-order valence-electron chi connectivity index (χ2n) is 11.3. The topological polar surface area (TPSA) is 78.3 Å². The van der Waals surface area contributed by atoms with Crippen LogP contribution in [0.5, 0.6) is 0 Å². The van der Waals surface area contributed by atoms with Gasteiger partial charge in [-0.2, -0.15) is 10.5 Å². The minimum atomic E-state index is 0.301. The Morgan fingerprint density at radius 1 is 0.444 bits per heavy atom. The molecule has 0 aliphatic heterocycles. The highest BCUT2D eigenvalue weighted by atomic mass is 15.0. The van der Waals surface area contributed by atoms with E-state index in [1.165, 1.54) is 21.8 Å². The predicted octanol–water partition coefficient (Wildman–Crippen LogP) is 9.60. The maximum absolute atomic E-state index is 9.59. The number of para-hydroxylation sites is 2. The largest absolute Gasteiger partial charge is 0.309 e. The van der Waals surface area contributed by atoms with Crippen molar-refractivity contribution in [3.8, 4) is 29.0 Å². The Labute approximate surface area is 257 Å². The molecular weight excluding hydrogens is 550 g/mol. The third-order valence-electron chi connectivity index (χ3n) is 8.83. The molecule has 7 aromatic carbocycles. The lowest BCUT2D eigenvalue weighted by atomic mass is 9.95. The lowest BCUT2D eigenvalue weighted by molar-refractivity contribution is 1.18. The van der Waals surface area contributed by atoms with E-state index >= 15 is 0 Å². The predicted molar refractivity (Wildman–Crippen MR) is 181 cm³/mol. The molecule has 0 amide bonds. The van der Waals surface area contributed by atoms with Gasteiger partial charge >= 0.3 is 0 Å². The van der Waals surface area contributed by atoms with Crippen molar-refractivity contribution in [1.82, 2.24) is 14.5 Å². The number of hydrogen-bond donors (Lipinski definition) is 0. The molecule has 0 aliphatic carbocycles. The van der Waals surface area contributed by atoms with Crippen molar-refractivity contribution < 1.29 is 0 Å². The summed E-state index contributed by atoms with van der Waals surface area (Å²) in [5.74, 6) is 0. The van der Waals surface area contributed by atoms with Crippen molar-refractivity contribution >= 4 is 65.4 Å². The lowest BCUT2D eigenvalue weighted by Crippen LogP contribution is -1.94. The van der Waals surface area contributed by atoms with E-state index in [0.29, 0.717) is 22.2 Å². The van der Waals surface area contributed by atoms with Gasteiger partial charge in [-0.25, -0.2) is 9.97 Å². The average molecular weight is 572 g/mol. The zero-order valence-electron chi connectivity index (χ0n) is 23.9. The van der Waals surface area contributed by atoms with Crippen LogP contribution in [-0.4, -0.2) is 14.5 Å². The van der Waals surface area contributed by atoms with E-state index < -0.39 is 0 Å². The van der Waals surface area contributed by atoms with E-state index in [1.54, 1.807) is 12.1 Å². The van der Waals surface area contributed by atoms with Crippen molar-refractivity contribution in [2.24, 2.45) is 0 Å². The number of benzene rings is 7. The number of aromatic nitrogens is 3. The molecule has 0 unspecified atom stereocenters. The molecule has 0 saturated carbocycles. The lowest BCUT2D eigenvalue weighted by Gasteiger charge is -2.13. The van der Waals surface area contributed by atoms with Gasteiger partial charge < -0.3 is 4.57 Å². The molecule has 0 radical (unpaired) electrons. The molecule has 5 heteroatoms. The molecule has 0 bridgehead atoms. The molecule has 0 aliphatic rings. The summed E-state index contributed by atoms with van der Waals surface area (Å²) in [7, 11) is 0. The first-order chi connectivity index (χ1) is 22.2. The van der Waals surface area contributed by atoms with Crippen LogP contribution < -0.4 is 0 Å². The SMILES string of the molecule is N#Cc1cc2nc3c4ccccc4c4cc(-c5ccc(-n6c7ccccc7c7ccccc76)cc5)ccc4c3nc2cc1C#N. The van der Waals surface area contributed by atoms with Gasteiger partial charge in [0.2, 0.25) is 0 Å². The summed E-state index contributed by atoms with van der Waals surface area (Å²) in [6, 6.07) is 48.1. The van der Waals surface area contributed by atoms with Crippen LogP contribution in [0.1, 0.15) is 11.1 Å². The summed E-state index contributed by atoms with van der Waals surface area (Å²) in [5.41, 5.74) is 9.09. The minimum Gasteiger partial charge on any atom is -0.309 e. The second kappa shape index (κ2) is 9.47. The van der Waals surface area contributed by atoms with Crippen LogP contribution in [0.15, 0.2) is 127 Å². The molecule has 9 rings (SSSR count). The number of rotatable bonds is 2. The molecule has 0 atom stereocenters. The maximum Gasteiger partial charge on any atom is 0.101 e. The second-order valence-corrected chi connectivity index (χ2v) is 11.3. The molecule has 45 heavy (non-hydrogen) atoms. The van der Waals surface area contributed by atoms with Crippen molar-refractivity contribution in [2.45, 2.75) is 0 Å². The van der Waals surface area contributed by atoms with Crippen LogP contribution >= 0.6 is 0 Å². The fourth-order valence-electron chi connectivity index (χ4n) is 6.74. The standard InChI is InChI=1S/C40H21N5/c41-22-26-20-35-36(21-27(26)23-42)44-40-33-18-15-25(19-34(33)29-7-1-2-10-32(29)39(40)43-35)24-13-16-28(17-14-24)45-37-11-5-3-8-30(37)31-9-4-6-12-38(31)45/h1-21H. The Bertz CT molecular complexity index is 2720. The number of hydrogen-bond acceptors (Lipinski definition) is 4. The molecule has 5 nitrogen and oxygen atoms in total. The highest BCUT2D eigenvalue weighted by Crippen LogP contribution is 2.37. The number of nitriles is 2. The first-order valence-corrected chi connectivity index (χ1v) is 14.7. The van der Waals surface area contributed by atoms with E-state index in [9.17, 15) is 10.5 Å². The van der Waals surface area contributed by atoms with Crippen LogP contribution in [0.3, 0.4) is 0 Å². The average Bonchev–Trinajstić information content (AvgIpc) is 3.44. The van der Waals surface area contributed by atoms with Crippen LogP contribution in [0.2, 0.25) is 0 Å². The summed E-state index contributed by atoms with van der Waals surface area (Å²) in [6.07, 6.45) is 0. The summed E-state index contributed by atoms with van der Waals surface area (Å²) in [6.45, 7) is 0. The smallest absolute Gasteiger partial charge is 0.101 e. The molecule has 0 spiro atoms. The monoisotopic (exact) mass is 571 g/mol. The van der Waals surface area contributed by atoms with Gasteiger partial charge in [0, 0.05) is 27.2 Å². The van der Waals surface area contributed by atoms with Crippen molar-refractivity contribution in [2.75, 3.05) is 0 Å². The first kappa shape index (κ1) is 25.0. The quantitative estimate of drug-likeness (QED) is 0.153. The summed E-state index contributed by atoms with van der Waals surface area (Å²) >= 11 is 0. The normalized spacial score (nSPS) is 11.5. The highest BCUT2D eigenvalue weighted by molar-refractivity contribution is 6.24. The maximum atomic E-state index is 9.59. The van der Waals surface area contributed by atoms with Gasteiger partial charge in [0.05, 0.1) is 44.2 Å². The number of nitrogens with zero attached hydrogens (tertiary/aromatic N) is 5. The third-order valence-corrected chi connectivity index (χ3v) is 8.83. The molecule has 2 heterocycles. The third kappa shape index (κ3) is 3.65. The van der Waals surface area contributed by atoms with Crippen molar-refractivity contribution in [3.63, 3.8) is 0 Å². The summed E-state index contributed by atoms with van der Waals surface area (Å²) < 4.78 is 2.33. The van der Waals surface area contributed by atoms with Gasteiger partial charge in [0.1, 0.15) is 12.1 Å². The zero-order chi connectivity index (χ0) is 30.1. The molecule has 9 aromatic rings. The Kier molecular flexibility index (Phi) is 5.26. The first-order valence-electron chi connectivity index (χ1n) is 14.7. The van der Waals surface area contributed by atoms with Crippen LogP contribution in [-0.2, 0) is 0 Å². The van der Waals surface area contributed by atoms with E-state index in [1.807, 2.05) is 12.1 Å². The van der Waals surface area contributed by atoms with Gasteiger partial charge in [0.25, 0.3) is 0 Å². The fraction of sp³-hybridized carbons (Fsp3) is 0.